The van der Waals surface area contributed by atoms with Gasteiger partial charge in [0.25, 0.3) is 5.56 Å². The number of carbonyl (C=O) groups is 1. The molecule has 2 aromatic rings. The van der Waals surface area contributed by atoms with Gasteiger partial charge in [-0.1, -0.05) is 0 Å². The van der Waals surface area contributed by atoms with Gasteiger partial charge in [0.15, 0.2) is 0 Å². The largest absolute Gasteiger partial charge is 0.469 e. The maximum Gasteiger partial charge on any atom is 0.309 e. The summed E-state index contributed by atoms with van der Waals surface area (Å²) < 4.78 is 7.19. The zero-order valence-electron chi connectivity index (χ0n) is 12.9. The Morgan fingerprint density at radius 1 is 1.43 bits per heavy atom. The van der Waals surface area contributed by atoms with Gasteiger partial charge < -0.3 is 9.64 Å². The minimum atomic E-state index is -0.114. The average Bonchev–Trinajstić information content (AvgIpc) is 2.55. The number of carbonyl (C=O) groups excluding carboxylic acids is 1. The van der Waals surface area contributed by atoms with Crippen LogP contribution in [0.25, 0.3) is 5.65 Å². The third kappa shape index (κ3) is 3.61. The predicted octanol–water partition coefficient (Wildman–Crippen LogP) is 0.425. The highest BCUT2D eigenvalue weighted by molar-refractivity contribution is 9.10. The topological polar surface area (TPSA) is 65.1 Å². The number of likely N-dealkylation sites (tertiary alicyclic amines) is 1. The van der Waals surface area contributed by atoms with Crippen LogP contribution in [-0.4, -0.2) is 35.6 Å². The molecule has 1 aliphatic heterocycles. The van der Waals surface area contributed by atoms with E-state index < -0.39 is 0 Å². The Balaban J connectivity index is 1.72. The average molecular weight is 381 g/mol. The van der Waals surface area contributed by atoms with Crippen molar-refractivity contribution in [3.8, 4) is 0 Å². The molecule has 122 valence electrons. The minimum absolute atomic E-state index is 0.0105. The zero-order valence-corrected chi connectivity index (χ0v) is 14.5. The Bertz CT molecular complexity index is 782. The van der Waals surface area contributed by atoms with Crippen molar-refractivity contribution < 1.29 is 14.4 Å². The van der Waals surface area contributed by atoms with Gasteiger partial charge in [0, 0.05) is 29.6 Å². The number of halogens is 1. The van der Waals surface area contributed by atoms with E-state index in [0.717, 1.165) is 36.1 Å². The highest BCUT2D eigenvalue weighted by atomic mass is 79.9. The van der Waals surface area contributed by atoms with E-state index in [2.05, 4.69) is 20.9 Å². The van der Waals surface area contributed by atoms with E-state index in [0.29, 0.717) is 12.2 Å². The molecule has 1 saturated heterocycles. The van der Waals surface area contributed by atoms with E-state index in [-0.39, 0.29) is 17.4 Å². The molecule has 0 amide bonds. The fourth-order valence-electron chi connectivity index (χ4n) is 3.08. The van der Waals surface area contributed by atoms with Gasteiger partial charge in [-0.15, -0.1) is 0 Å². The summed E-state index contributed by atoms with van der Waals surface area (Å²) in [6.45, 7) is 2.48. The molecule has 0 spiro atoms. The van der Waals surface area contributed by atoms with Crippen LogP contribution in [0.5, 0.6) is 0 Å². The van der Waals surface area contributed by atoms with Crippen molar-refractivity contribution in [1.82, 2.24) is 9.38 Å². The lowest BCUT2D eigenvalue weighted by atomic mass is 9.97. The van der Waals surface area contributed by atoms with Gasteiger partial charge >= 0.3 is 5.97 Å². The molecule has 6 nitrogen and oxygen atoms in total. The smallest absolute Gasteiger partial charge is 0.309 e. The first-order valence-corrected chi connectivity index (χ1v) is 8.45. The number of methoxy groups -OCH3 is 1. The number of aromatic nitrogens is 2. The molecule has 23 heavy (non-hydrogen) atoms. The monoisotopic (exact) mass is 380 g/mol. The van der Waals surface area contributed by atoms with Crippen LogP contribution in [0, 0.1) is 5.92 Å². The highest BCUT2D eigenvalue weighted by Gasteiger charge is 2.28. The van der Waals surface area contributed by atoms with Crippen LogP contribution in [0.1, 0.15) is 18.5 Å². The summed E-state index contributed by atoms with van der Waals surface area (Å²) in [6.07, 6.45) is 3.37. The molecule has 3 heterocycles. The van der Waals surface area contributed by atoms with Gasteiger partial charge in [-0.25, -0.2) is 4.98 Å². The lowest BCUT2D eigenvalue weighted by Gasteiger charge is -2.27. The molecule has 2 aromatic heterocycles. The van der Waals surface area contributed by atoms with Gasteiger partial charge in [-0.3, -0.25) is 14.0 Å². The van der Waals surface area contributed by atoms with Crippen molar-refractivity contribution in [2.24, 2.45) is 5.92 Å². The van der Waals surface area contributed by atoms with Crippen molar-refractivity contribution in [3.05, 3.63) is 44.9 Å². The number of rotatable bonds is 3. The molecule has 0 atom stereocenters. The summed E-state index contributed by atoms with van der Waals surface area (Å²) in [5.41, 5.74) is 1.37. The van der Waals surface area contributed by atoms with Crippen LogP contribution >= 0.6 is 15.9 Å². The van der Waals surface area contributed by atoms with E-state index in [9.17, 15) is 9.59 Å². The third-order valence-corrected chi connectivity index (χ3v) is 4.80. The lowest BCUT2D eigenvalue weighted by molar-refractivity contribution is -0.919. The summed E-state index contributed by atoms with van der Waals surface area (Å²) in [5.74, 6) is -0.104. The summed E-state index contributed by atoms with van der Waals surface area (Å²) in [5, 5.41) is 0. The molecular formula is C16H19BrN3O3+. The number of piperidine rings is 1. The second-order valence-corrected chi connectivity index (χ2v) is 6.80. The van der Waals surface area contributed by atoms with Crippen molar-refractivity contribution in [2.75, 3.05) is 20.2 Å². The molecule has 1 aliphatic rings. The molecule has 0 aliphatic carbocycles. The second-order valence-electron chi connectivity index (χ2n) is 5.89. The molecule has 1 fully saturated rings. The summed E-state index contributed by atoms with van der Waals surface area (Å²) in [7, 11) is 1.44. The normalized spacial score (nSPS) is 21.3. The predicted molar refractivity (Wildman–Crippen MR) is 88.3 cm³/mol. The van der Waals surface area contributed by atoms with E-state index in [1.807, 2.05) is 12.1 Å². The van der Waals surface area contributed by atoms with E-state index in [4.69, 9.17) is 4.74 Å². The van der Waals surface area contributed by atoms with Crippen LogP contribution in [0.2, 0.25) is 0 Å². The van der Waals surface area contributed by atoms with E-state index in [1.54, 1.807) is 12.3 Å². The maximum absolute atomic E-state index is 12.2. The number of esters is 1. The second kappa shape index (κ2) is 6.80. The molecule has 1 N–H and O–H groups in total. The third-order valence-electron chi connectivity index (χ3n) is 4.33. The Morgan fingerprint density at radius 2 is 2.17 bits per heavy atom. The van der Waals surface area contributed by atoms with Crippen molar-refractivity contribution in [1.29, 1.82) is 0 Å². The van der Waals surface area contributed by atoms with Gasteiger partial charge in [0.05, 0.1) is 26.1 Å². The number of quaternary nitrogens is 1. The van der Waals surface area contributed by atoms with Crippen LogP contribution in [-0.2, 0) is 16.1 Å². The number of fused-ring (bicyclic) bond motifs is 1. The molecule has 0 radical (unpaired) electrons. The molecule has 0 saturated carbocycles. The summed E-state index contributed by atoms with van der Waals surface area (Å²) in [4.78, 5) is 29.7. The van der Waals surface area contributed by atoms with Crippen LogP contribution < -0.4 is 10.5 Å². The fraction of sp³-hybridized carbons (Fsp3) is 0.438. The Hall–Kier alpha value is -1.73. The Morgan fingerprint density at radius 3 is 2.87 bits per heavy atom. The van der Waals surface area contributed by atoms with Crippen LogP contribution in [0.3, 0.4) is 0 Å². The van der Waals surface area contributed by atoms with E-state index in [1.165, 1.54) is 16.4 Å². The Kier molecular flexibility index (Phi) is 4.77. The first kappa shape index (κ1) is 16.1. The first-order valence-electron chi connectivity index (χ1n) is 7.66. The van der Waals surface area contributed by atoms with Gasteiger partial charge in [-0.2, -0.15) is 0 Å². The highest BCUT2D eigenvalue weighted by Crippen LogP contribution is 2.12. The number of hydrogen-bond donors (Lipinski definition) is 1. The SMILES string of the molecule is COC(=O)C1CC[NH+](Cc2cc(=O)n3cc(Br)ccc3n2)CC1. The van der Waals surface area contributed by atoms with Gasteiger partial charge in [-0.05, 0) is 28.1 Å². The molecule has 0 unspecified atom stereocenters. The van der Waals surface area contributed by atoms with Crippen molar-refractivity contribution in [3.63, 3.8) is 0 Å². The number of nitrogens with zero attached hydrogens (tertiary/aromatic N) is 2. The molecule has 0 bridgehead atoms. The van der Waals surface area contributed by atoms with Gasteiger partial charge in [0.2, 0.25) is 0 Å². The quantitative estimate of drug-likeness (QED) is 0.784. The molecule has 3 rings (SSSR count). The number of nitrogens with one attached hydrogen (secondary N) is 1. The molecular weight excluding hydrogens is 362 g/mol. The molecule has 7 heteroatoms. The van der Waals surface area contributed by atoms with Crippen LogP contribution in [0.4, 0.5) is 0 Å². The number of ether oxygens (including phenoxy) is 1. The summed E-state index contributed by atoms with van der Waals surface area (Å²) in [6, 6.07) is 5.30. The standard InChI is InChI=1S/C16H18BrN3O3/c1-23-16(22)11-4-6-19(7-5-11)10-13-8-15(21)20-9-12(17)2-3-14(20)18-13/h2-3,8-9,11H,4-7,10H2,1H3/p+1. The van der Waals surface area contributed by atoms with Gasteiger partial charge in [0.1, 0.15) is 17.9 Å². The minimum Gasteiger partial charge on any atom is -0.469 e. The zero-order chi connectivity index (χ0) is 16.4. The summed E-state index contributed by atoms with van der Waals surface area (Å²) >= 11 is 3.36. The Labute approximate surface area is 142 Å². The van der Waals surface area contributed by atoms with Crippen LogP contribution in [0.15, 0.2) is 33.7 Å². The maximum atomic E-state index is 12.2. The number of pyridine rings is 1. The van der Waals surface area contributed by atoms with Crippen molar-refractivity contribution >= 4 is 27.5 Å². The fourth-order valence-corrected chi connectivity index (χ4v) is 3.41. The first-order chi connectivity index (χ1) is 11.1. The molecule has 0 aromatic carbocycles. The van der Waals surface area contributed by atoms with Crippen molar-refractivity contribution in [2.45, 2.75) is 19.4 Å². The number of hydrogen-bond acceptors (Lipinski definition) is 4. The lowest BCUT2D eigenvalue weighted by Crippen LogP contribution is -3.11. The van der Waals surface area contributed by atoms with E-state index >= 15 is 0 Å².